The molecule has 0 aromatic heterocycles. The van der Waals surface area contributed by atoms with Gasteiger partial charge in [0.25, 0.3) is 0 Å². The summed E-state index contributed by atoms with van der Waals surface area (Å²) in [6.45, 7) is 2.62. The average Bonchev–Trinajstić information content (AvgIpc) is 2.38. The Balaban J connectivity index is 2.62. The summed E-state index contributed by atoms with van der Waals surface area (Å²) >= 11 is 0. The van der Waals surface area contributed by atoms with Crippen molar-refractivity contribution in [1.29, 1.82) is 0 Å². The zero-order valence-electron chi connectivity index (χ0n) is 12.2. The zero-order chi connectivity index (χ0) is 15.1. The molecule has 0 aliphatic carbocycles. The first-order valence-electron chi connectivity index (χ1n) is 6.16. The summed E-state index contributed by atoms with van der Waals surface area (Å²) < 4.78 is 9.65. The first-order chi connectivity index (χ1) is 9.46. The van der Waals surface area contributed by atoms with E-state index in [1.54, 1.807) is 19.1 Å². The van der Waals surface area contributed by atoms with Crippen LogP contribution in [0, 0.1) is 6.92 Å². The molecule has 0 saturated carbocycles. The van der Waals surface area contributed by atoms with Gasteiger partial charge in [0, 0.05) is 12.1 Å². The van der Waals surface area contributed by atoms with E-state index in [0.717, 1.165) is 16.9 Å². The van der Waals surface area contributed by atoms with Crippen molar-refractivity contribution in [3.8, 4) is 5.75 Å². The molecular weight excluding hydrogens is 260 g/mol. The van der Waals surface area contributed by atoms with Crippen molar-refractivity contribution in [2.75, 3.05) is 27.8 Å². The summed E-state index contributed by atoms with van der Waals surface area (Å²) in [5, 5.41) is 2.11. The van der Waals surface area contributed by atoms with E-state index in [1.807, 2.05) is 25.1 Å². The van der Waals surface area contributed by atoms with E-state index in [1.165, 1.54) is 7.11 Å². The highest BCUT2D eigenvalue weighted by Crippen LogP contribution is 2.20. The number of alkyl carbamates (subject to hydrolysis) is 1. The van der Waals surface area contributed by atoms with Crippen LogP contribution in [0.5, 0.6) is 5.75 Å². The van der Waals surface area contributed by atoms with Crippen LogP contribution in [-0.2, 0) is 16.1 Å². The van der Waals surface area contributed by atoms with Gasteiger partial charge in [0.15, 0.2) is 0 Å². The number of hydrogen-bond donors (Lipinski definition) is 1. The van der Waals surface area contributed by atoms with Crippen molar-refractivity contribution in [1.82, 2.24) is 10.2 Å². The van der Waals surface area contributed by atoms with Crippen LogP contribution in [0.2, 0.25) is 0 Å². The topological polar surface area (TPSA) is 67.9 Å². The predicted molar refractivity (Wildman–Crippen MR) is 74.6 cm³/mol. The Morgan fingerprint density at radius 2 is 2.00 bits per heavy atom. The Hall–Kier alpha value is -2.08. The van der Waals surface area contributed by atoms with Gasteiger partial charge >= 0.3 is 6.09 Å². The number of rotatable bonds is 5. The van der Waals surface area contributed by atoms with E-state index < -0.39 is 12.0 Å². The fraction of sp³-hybridized carbons (Fsp3) is 0.429. The number of carbonyl (C=O) groups excluding carboxylic acids is 2. The van der Waals surface area contributed by atoms with Crippen molar-refractivity contribution >= 4 is 12.0 Å². The van der Waals surface area contributed by atoms with Crippen LogP contribution in [0.4, 0.5) is 4.79 Å². The summed E-state index contributed by atoms with van der Waals surface area (Å²) in [6, 6.07) is 5.87. The number of nitrogens with one attached hydrogen (secondary N) is 1. The number of methoxy groups -OCH3 is 2. The maximum Gasteiger partial charge on any atom is 0.413 e. The third-order valence-electron chi connectivity index (χ3n) is 2.72. The normalized spacial score (nSPS) is 10.2. The van der Waals surface area contributed by atoms with Crippen molar-refractivity contribution in [2.45, 2.75) is 13.5 Å². The highest BCUT2D eigenvalue weighted by Gasteiger charge is 2.12. The molecule has 0 aliphatic heterocycles. The summed E-state index contributed by atoms with van der Waals surface area (Å²) in [7, 11) is 4.61. The predicted octanol–water partition coefficient (Wildman–Crippen LogP) is 1.32. The third kappa shape index (κ3) is 4.89. The molecule has 1 N–H and O–H groups in total. The number of benzene rings is 1. The Labute approximate surface area is 118 Å². The van der Waals surface area contributed by atoms with Crippen LogP contribution >= 0.6 is 0 Å². The Kier molecular flexibility index (Phi) is 5.99. The molecule has 0 unspecified atom stereocenters. The van der Waals surface area contributed by atoms with Crippen molar-refractivity contribution in [2.24, 2.45) is 0 Å². The van der Waals surface area contributed by atoms with Gasteiger partial charge in [-0.05, 0) is 20.0 Å². The van der Waals surface area contributed by atoms with Crippen LogP contribution in [-0.4, -0.2) is 44.7 Å². The summed E-state index contributed by atoms with van der Waals surface area (Å²) in [5.41, 5.74) is 2.11. The van der Waals surface area contributed by atoms with Crippen molar-refractivity contribution in [3.63, 3.8) is 0 Å². The molecule has 6 heteroatoms. The highest BCUT2D eigenvalue weighted by molar-refractivity contribution is 5.92. The van der Waals surface area contributed by atoms with Gasteiger partial charge in [0.05, 0.1) is 20.8 Å². The fourth-order valence-electron chi connectivity index (χ4n) is 1.83. The molecule has 0 atom stereocenters. The van der Waals surface area contributed by atoms with E-state index in [-0.39, 0.29) is 6.54 Å². The number of aryl methyl sites for hydroxylation is 1. The van der Waals surface area contributed by atoms with Gasteiger partial charge in [-0.25, -0.2) is 4.79 Å². The van der Waals surface area contributed by atoms with Crippen molar-refractivity contribution < 1.29 is 19.1 Å². The number of nitrogens with zero attached hydrogens (tertiary/aromatic N) is 1. The minimum atomic E-state index is -0.753. The summed E-state index contributed by atoms with van der Waals surface area (Å²) in [6.07, 6.45) is -0.753. The Morgan fingerprint density at radius 3 is 2.60 bits per heavy atom. The monoisotopic (exact) mass is 280 g/mol. The molecule has 1 aromatic carbocycles. The van der Waals surface area contributed by atoms with Crippen LogP contribution in [0.15, 0.2) is 18.2 Å². The van der Waals surface area contributed by atoms with E-state index in [4.69, 9.17) is 4.74 Å². The van der Waals surface area contributed by atoms with Gasteiger partial charge in [0.2, 0.25) is 5.91 Å². The number of amides is 2. The van der Waals surface area contributed by atoms with E-state index >= 15 is 0 Å². The first kappa shape index (κ1) is 16.0. The van der Waals surface area contributed by atoms with Crippen LogP contribution in [0.3, 0.4) is 0 Å². The minimum absolute atomic E-state index is 0.0895. The summed E-state index contributed by atoms with van der Waals surface area (Å²) in [5.74, 6) is 0.363. The lowest BCUT2D eigenvalue weighted by molar-refractivity contribution is -0.121. The quantitative estimate of drug-likeness (QED) is 0.881. The van der Waals surface area contributed by atoms with Crippen LogP contribution in [0.25, 0.3) is 0 Å². The number of ether oxygens (including phenoxy) is 2. The SMILES string of the molecule is COC(=O)NC(=O)CN(C)Cc1cc(C)ccc1OC. The van der Waals surface area contributed by atoms with Gasteiger partial charge < -0.3 is 9.47 Å². The maximum absolute atomic E-state index is 11.5. The first-order valence-corrected chi connectivity index (χ1v) is 6.16. The molecule has 20 heavy (non-hydrogen) atoms. The van der Waals surface area contributed by atoms with Crippen molar-refractivity contribution in [3.05, 3.63) is 29.3 Å². The van der Waals surface area contributed by atoms with Gasteiger partial charge in [0.1, 0.15) is 5.75 Å². The number of hydrogen-bond acceptors (Lipinski definition) is 5. The molecule has 0 fully saturated rings. The number of carbonyl (C=O) groups is 2. The maximum atomic E-state index is 11.5. The second-order valence-corrected chi connectivity index (χ2v) is 4.53. The molecule has 110 valence electrons. The van der Waals surface area contributed by atoms with Crippen LogP contribution in [0.1, 0.15) is 11.1 Å². The third-order valence-corrected chi connectivity index (χ3v) is 2.72. The molecule has 6 nitrogen and oxygen atoms in total. The van der Waals surface area contributed by atoms with Gasteiger partial charge in [-0.2, -0.15) is 0 Å². The molecule has 0 bridgehead atoms. The van der Waals surface area contributed by atoms with Gasteiger partial charge in [-0.1, -0.05) is 17.7 Å². The van der Waals surface area contributed by atoms with E-state index in [0.29, 0.717) is 6.54 Å². The lowest BCUT2D eigenvalue weighted by Crippen LogP contribution is -2.38. The van der Waals surface area contributed by atoms with Gasteiger partial charge in [-0.3, -0.25) is 15.0 Å². The second-order valence-electron chi connectivity index (χ2n) is 4.53. The zero-order valence-corrected chi connectivity index (χ0v) is 12.2. The number of imide groups is 1. The fourth-order valence-corrected chi connectivity index (χ4v) is 1.83. The molecule has 0 saturated heterocycles. The largest absolute Gasteiger partial charge is 0.496 e. The lowest BCUT2D eigenvalue weighted by atomic mass is 10.1. The Morgan fingerprint density at radius 1 is 1.30 bits per heavy atom. The average molecular weight is 280 g/mol. The lowest BCUT2D eigenvalue weighted by Gasteiger charge is -2.18. The van der Waals surface area contributed by atoms with Crippen LogP contribution < -0.4 is 10.1 Å². The highest BCUT2D eigenvalue weighted by atomic mass is 16.5. The minimum Gasteiger partial charge on any atom is -0.496 e. The summed E-state index contributed by atoms with van der Waals surface area (Å²) in [4.78, 5) is 24.3. The molecule has 1 aromatic rings. The molecule has 0 radical (unpaired) electrons. The van der Waals surface area contributed by atoms with Gasteiger partial charge in [-0.15, -0.1) is 0 Å². The smallest absolute Gasteiger partial charge is 0.413 e. The number of likely N-dealkylation sites (N-methyl/N-ethyl adjacent to an activating group) is 1. The van der Waals surface area contributed by atoms with E-state index in [9.17, 15) is 9.59 Å². The Bertz CT molecular complexity index is 488. The molecule has 0 spiro atoms. The molecule has 2 amide bonds. The second kappa shape index (κ2) is 7.49. The molecule has 0 heterocycles. The van der Waals surface area contributed by atoms with E-state index in [2.05, 4.69) is 10.1 Å². The standard InChI is InChI=1S/C14H20N2O4/c1-10-5-6-12(19-3)11(7-10)8-16(2)9-13(17)15-14(18)20-4/h5-7H,8-9H2,1-4H3,(H,15,17,18). The molecule has 1 rings (SSSR count). The molecule has 0 aliphatic rings. The molecular formula is C14H20N2O4.